The molecule has 38 heavy (non-hydrogen) atoms. The molecule has 3 atom stereocenters. The number of nitrogens with one attached hydrogen (secondary N) is 1. The Labute approximate surface area is 223 Å². The van der Waals surface area contributed by atoms with Crippen LogP contribution in [0.5, 0.6) is 5.88 Å². The van der Waals surface area contributed by atoms with Gasteiger partial charge in [-0.05, 0) is 61.9 Å². The van der Waals surface area contributed by atoms with Crippen LogP contribution in [0.15, 0.2) is 71.9 Å². The van der Waals surface area contributed by atoms with E-state index in [1.807, 2.05) is 25.3 Å². The largest absolute Gasteiger partial charge is 0.481 e. The summed E-state index contributed by atoms with van der Waals surface area (Å²) in [6.07, 6.45) is 6.15. The zero-order chi connectivity index (χ0) is 27.3. The molecule has 0 spiro atoms. The molecule has 0 aliphatic carbocycles. The van der Waals surface area contributed by atoms with E-state index in [4.69, 9.17) is 4.74 Å². The molecule has 1 N–H and O–H groups in total. The average Bonchev–Trinajstić information content (AvgIpc) is 2.91. The zero-order valence-corrected chi connectivity index (χ0v) is 22.2. The third-order valence-electron chi connectivity index (χ3n) is 7.45. The Bertz CT molecular complexity index is 1270. The van der Waals surface area contributed by atoms with Crippen LogP contribution < -0.4 is 10.1 Å². The van der Waals surface area contributed by atoms with Crippen molar-refractivity contribution in [1.82, 2.24) is 15.2 Å². The summed E-state index contributed by atoms with van der Waals surface area (Å²) in [5, 5.41) is 3.09. The fourth-order valence-electron chi connectivity index (χ4n) is 4.97. The number of aliphatic imine (C=N–C) groups is 1. The highest BCUT2D eigenvalue weighted by Crippen LogP contribution is 2.33. The van der Waals surface area contributed by atoms with E-state index in [2.05, 4.69) is 28.8 Å². The molecule has 2 aromatic rings. The number of rotatable bonds is 7. The van der Waals surface area contributed by atoms with Gasteiger partial charge in [0, 0.05) is 36.7 Å². The highest BCUT2D eigenvalue weighted by atomic mass is 19.1. The van der Waals surface area contributed by atoms with E-state index in [1.165, 1.54) is 19.2 Å². The van der Waals surface area contributed by atoms with Crippen LogP contribution in [0.1, 0.15) is 49.2 Å². The van der Waals surface area contributed by atoms with E-state index in [0.29, 0.717) is 56.2 Å². The lowest BCUT2D eigenvalue weighted by molar-refractivity contribution is -0.117. The van der Waals surface area contributed by atoms with Gasteiger partial charge in [0.1, 0.15) is 11.5 Å². The number of hydrogen-bond acceptors (Lipinski definition) is 6. The van der Waals surface area contributed by atoms with Gasteiger partial charge in [0.15, 0.2) is 5.84 Å². The number of benzene rings is 1. The summed E-state index contributed by atoms with van der Waals surface area (Å²) in [7, 11) is 1.51. The van der Waals surface area contributed by atoms with Crippen LogP contribution in [-0.2, 0) is 11.2 Å². The Hall–Kier alpha value is -3.81. The summed E-state index contributed by atoms with van der Waals surface area (Å²) in [6.45, 7) is 8.93. The lowest BCUT2D eigenvalue weighted by Gasteiger charge is -2.37. The van der Waals surface area contributed by atoms with E-state index in [-0.39, 0.29) is 34.9 Å². The highest BCUT2D eigenvalue weighted by molar-refractivity contribution is 6.40. The second kappa shape index (κ2) is 11.7. The summed E-state index contributed by atoms with van der Waals surface area (Å²) in [5.74, 6) is -0.111. The molecule has 1 aromatic carbocycles. The van der Waals surface area contributed by atoms with Gasteiger partial charge in [0.2, 0.25) is 11.7 Å². The molecule has 0 bridgehead atoms. The molecule has 3 unspecified atom stereocenters. The maximum absolute atomic E-state index is 13.6. The minimum Gasteiger partial charge on any atom is -0.481 e. The first kappa shape index (κ1) is 27.2. The van der Waals surface area contributed by atoms with Crippen molar-refractivity contribution in [3.05, 3.63) is 84.0 Å². The third kappa shape index (κ3) is 6.36. The summed E-state index contributed by atoms with van der Waals surface area (Å²) < 4.78 is 18.8. The Morgan fingerprint density at radius 3 is 2.76 bits per heavy atom. The number of Topliss-reactive ketones (excluding diaryl/α,β-unsaturated/α-hetero) is 1. The lowest BCUT2D eigenvalue weighted by Crippen LogP contribution is -2.45. The average molecular weight is 519 g/mol. The summed E-state index contributed by atoms with van der Waals surface area (Å²) >= 11 is 0. The topological polar surface area (TPSA) is 83.9 Å². The van der Waals surface area contributed by atoms with Crippen LogP contribution in [0.2, 0.25) is 0 Å². The summed E-state index contributed by atoms with van der Waals surface area (Å²) in [4.78, 5) is 37.7. The number of ketones is 1. The van der Waals surface area contributed by atoms with Gasteiger partial charge in [-0.1, -0.05) is 31.2 Å². The van der Waals surface area contributed by atoms with Crippen molar-refractivity contribution in [2.24, 2.45) is 16.3 Å². The van der Waals surface area contributed by atoms with Gasteiger partial charge < -0.3 is 15.0 Å². The van der Waals surface area contributed by atoms with Crippen LogP contribution in [0, 0.1) is 17.2 Å². The fourth-order valence-corrected chi connectivity index (χ4v) is 4.97. The number of amidine groups is 1. The normalized spacial score (nSPS) is 23.7. The number of hydrogen-bond donors (Lipinski definition) is 1. The van der Waals surface area contributed by atoms with Gasteiger partial charge in [0.05, 0.1) is 13.2 Å². The smallest absolute Gasteiger partial charge is 0.272 e. The van der Waals surface area contributed by atoms with Gasteiger partial charge in [0.25, 0.3) is 5.91 Å². The van der Waals surface area contributed by atoms with Gasteiger partial charge >= 0.3 is 0 Å². The van der Waals surface area contributed by atoms with Crippen molar-refractivity contribution in [1.29, 1.82) is 0 Å². The predicted octanol–water partition coefficient (Wildman–Crippen LogP) is 4.75. The van der Waals surface area contributed by atoms with Crippen molar-refractivity contribution < 1.29 is 18.7 Å². The van der Waals surface area contributed by atoms with Crippen LogP contribution >= 0.6 is 0 Å². The number of pyridine rings is 1. The monoisotopic (exact) mass is 518 g/mol. The number of likely N-dealkylation sites (tertiary alicyclic amines) is 1. The molecule has 1 fully saturated rings. The number of aromatic nitrogens is 1. The number of carbonyl (C=O) groups excluding carboxylic acids is 2. The van der Waals surface area contributed by atoms with Crippen LogP contribution in [0.3, 0.4) is 0 Å². The van der Waals surface area contributed by atoms with Crippen molar-refractivity contribution in [2.45, 2.75) is 45.6 Å². The molecule has 1 aromatic heterocycles. The van der Waals surface area contributed by atoms with Gasteiger partial charge in [-0.2, -0.15) is 0 Å². The van der Waals surface area contributed by atoms with E-state index in [0.717, 1.165) is 11.1 Å². The van der Waals surface area contributed by atoms with E-state index in [1.54, 1.807) is 29.2 Å². The van der Waals surface area contributed by atoms with Crippen molar-refractivity contribution in [3.8, 4) is 5.88 Å². The minimum absolute atomic E-state index is 0.0573. The standard InChI is InChI=1S/C30H35FN4O3/c1-5-30(3)14-12-22(13-15-35(19-30)29(37)25-10-7-11-26(34-25)38-4)27(36)28-32-18-23(20(2)33-28)16-21-8-6-9-24(31)17-21/h5-11,17-18,20,22H,1,12-16,19H2,2-4H3,(H,32,33). The number of ether oxygens (including phenoxy) is 1. The Kier molecular flexibility index (Phi) is 8.39. The number of nitrogens with zero attached hydrogens (tertiary/aromatic N) is 3. The SMILES string of the molecule is C=CC1(C)CCC(C(=O)C2=NC(C)C(Cc3cccc(F)c3)=CN2)CCN(C(=O)c2cccc(OC)n2)C1. The van der Waals surface area contributed by atoms with Gasteiger partial charge in [-0.25, -0.2) is 9.37 Å². The Morgan fingerprint density at radius 2 is 2.05 bits per heavy atom. The summed E-state index contributed by atoms with van der Waals surface area (Å²) in [5.41, 5.74) is 1.79. The molecule has 7 nitrogen and oxygen atoms in total. The molecule has 2 aliphatic heterocycles. The first-order chi connectivity index (χ1) is 18.2. The fraction of sp³-hybridized carbons (Fsp3) is 0.400. The van der Waals surface area contributed by atoms with E-state index < -0.39 is 0 Å². The van der Waals surface area contributed by atoms with E-state index in [9.17, 15) is 14.0 Å². The second-order valence-corrected chi connectivity index (χ2v) is 10.4. The molecule has 0 saturated carbocycles. The van der Waals surface area contributed by atoms with Crippen molar-refractivity contribution in [2.75, 3.05) is 20.2 Å². The number of methoxy groups -OCH3 is 1. The van der Waals surface area contributed by atoms with Crippen LogP contribution in [0.25, 0.3) is 0 Å². The Balaban J connectivity index is 1.47. The molecular weight excluding hydrogens is 483 g/mol. The maximum Gasteiger partial charge on any atom is 0.272 e. The molecule has 8 heteroatoms. The Morgan fingerprint density at radius 1 is 1.26 bits per heavy atom. The predicted molar refractivity (Wildman–Crippen MR) is 146 cm³/mol. The molecule has 3 heterocycles. The zero-order valence-electron chi connectivity index (χ0n) is 22.2. The minimum atomic E-state index is -0.347. The third-order valence-corrected chi connectivity index (χ3v) is 7.45. The number of amides is 1. The highest BCUT2D eigenvalue weighted by Gasteiger charge is 2.35. The van der Waals surface area contributed by atoms with Crippen LogP contribution in [-0.4, -0.2) is 53.7 Å². The van der Waals surface area contributed by atoms with Crippen molar-refractivity contribution in [3.63, 3.8) is 0 Å². The summed E-state index contributed by atoms with van der Waals surface area (Å²) in [6, 6.07) is 11.4. The van der Waals surface area contributed by atoms with Crippen LogP contribution in [0.4, 0.5) is 4.39 Å². The first-order valence-electron chi connectivity index (χ1n) is 13.0. The molecule has 200 valence electrons. The number of halogens is 1. The molecule has 2 aliphatic rings. The number of carbonyl (C=O) groups is 2. The van der Waals surface area contributed by atoms with E-state index >= 15 is 0 Å². The van der Waals surface area contributed by atoms with Crippen molar-refractivity contribution >= 4 is 17.5 Å². The lowest BCUT2D eigenvalue weighted by atomic mass is 9.78. The molecule has 0 radical (unpaired) electrons. The molecule has 4 rings (SSSR count). The first-order valence-corrected chi connectivity index (χ1v) is 13.0. The maximum atomic E-state index is 13.6. The van der Waals surface area contributed by atoms with Gasteiger partial charge in [-0.15, -0.1) is 6.58 Å². The second-order valence-electron chi connectivity index (χ2n) is 10.4. The van der Waals surface area contributed by atoms with Gasteiger partial charge in [-0.3, -0.25) is 14.6 Å². The molecular formula is C30H35FN4O3. The molecule has 1 amide bonds. The molecule has 1 saturated heterocycles. The quantitative estimate of drug-likeness (QED) is 0.535.